The second-order valence-corrected chi connectivity index (χ2v) is 16.6. The van der Waals surface area contributed by atoms with E-state index < -0.39 is 0 Å². The van der Waals surface area contributed by atoms with Crippen molar-refractivity contribution in [1.29, 1.82) is 0 Å². The molecule has 0 atom stereocenters. The molecule has 0 radical (unpaired) electrons. The summed E-state index contributed by atoms with van der Waals surface area (Å²) in [6, 6.07) is 82.5. The van der Waals surface area contributed by atoms with Crippen molar-refractivity contribution in [2.45, 2.75) is 19.3 Å². The molecule has 1 nitrogen and oxygen atoms in total. The predicted molar refractivity (Wildman–Crippen MR) is 255 cm³/mol. The van der Waals surface area contributed by atoms with Crippen LogP contribution < -0.4 is 4.90 Å². The molecular weight excluding hydrogens is 723 g/mol. The van der Waals surface area contributed by atoms with Crippen LogP contribution in [0.2, 0.25) is 0 Å². The fourth-order valence-corrected chi connectivity index (χ4v) is 9.50. The number of anilines is 3. The zero-order valence-corrected chi connectivity index (χ0v) is 33.8. The van der Waals surface area contributed by atoms with Crippen molar-refractivity contribution in [3.8, 4) is 55.6 Å². The normalized spacial score (nSPS) is 12.6. The maximum absolute atomic E-state index is 2.50. The molecule has 1 heteroatoms. The predicted octanol–water partition coefficient (Wildman–Crippen LogP) is 16.4. The first-order valence-corrected chi connectivity index (χ1v) is 20.9. The van der Waals surface area contributed by atoms with E-state index in [1.807, 2.05) is 0 Å². The Morgan fingerprint density at radius 3 is 1.38 bits per heavy atom. The van der Waals surface area contributed by atoms with Crippen molar-refractivity contribution in [3.05, 3.63) is 236 Å². The lowest BCUT2D eigenvalue weighted by molar-refractivity contribution is 0.660. The molecule has 284 valence electrons. The first-order chi connectivity index (χ1) is 29.5. The molecule has 0 saturated carbocycles. The molecule has 10 aromatic carbocycles. The van der Waals surface area contributed by atoms with Crippen LogP contribution in [0.15, 0.2) is 224 Å². The highest BCUT2D eigenvalue weighted by atomic mass is 15.1. The van der Waals surface area contributed by atoms with Gasteiger partial charge in [-0.1, -0.05) is 202 Å². The molecule has 0 heterocycles. The summed E-state index contributed by atoms with van der Waals surface area (Å²) >= 11 is 0. The highest BCUT2D eigenvalue weighted by molar-refractivity contribution is 5.98. The Morgan fingerprint density at radius 1 is 0.300 bits per heavy atom. The van der Waals surface area contributed by atoms with Gasteiger partial charge in [-0.25, -0.2) is 0 Å². The Hall–Kier alpha value is -7.48. The summed E-state index contributed by atoms with van der Waals surface area (Å²) in [5.41, 5.74) is 18.2. The van der Waals surface area contributed by atoms with Gasteiger partial charge in [0.05, 0.1) is 11.4 Å². The summed E-state index contributed by atoms with van der Waals surface area (Å²) < 4.78 is 0. The third-order valence-electron chi connectivity index (χ3n) is 12.7. The zero-order valence-electron chi connectivity index (χ0n) is 33.8. The van der Waals surface area contributed by atoms with Gasteiger partial charge in [0.2, 0.25) is 0 Å². The molecule has 0 fully saturated rings. The number of hydrogen-bond acceptors (Lipinski definition) is 1. The zero-order chi connectivity index (χ0) is 40.2. The molecule has 10 aromatic rings. The molecule has 0 aromatic heterocycles. The highest BCUT2D eigenvalue weighted by Crippen LogP contribution is 2.55. The van der Waals surface area contributed by atoms with Gasteiger partial charge in [-0.15, -0.1) is 0 Å². The van der Waals surface area contributed by atoms with Gasteiger partial charge in [0.1, 0.15) is 0 Å². The lowest BCUT2D eigenvalue weighted by atomic mass is 9.82. The third kappa shape index (κ3) is 6.10. The van der Waals surface area contributed by atoms with Gasteiger partial charge in [0.25, 0.3) is 0 Å². The van der Waals surface area contributed by atoms with Crippen molar-refractivity contribution in [1.82, 2.24) is 0 Å². The van der Waals surface area contributed by atoms with Crippen LogP contribution in [0.3, 0.4) is 0 Å². The molecule has 0 saturated heterocycles. The number of benzene rings is 10. The highest BCUT2D eigenvalue weighted by Gasteiger charge is 2.38. The Morgan fingerprint density at radius 2 is 0.750 bits per heavy atom. The standard InChI is InChI=1S/C59H43N/c1-59(2)54-21-9-7-20-53(54)58-55(59)22-12-24-57(58)60(51-18-11-17-48(39-51)42-25-27-43(28-26-42)49-35-31-40-13-3-5-15-46(40)37-49)56-23-10-8-19-52(56)45-33-29-44(30-34-45)50-36-32-41-14-4-6-16-47(41)38-50/h3-39H,1-2H3. The van der Waals surface area contributed by atoms with Gasteiger partial charge < -0.3 is 4.90 Å². The average molecular weight is 766 g/mol. The molecule has 0 spiro atoms. The molecule has 0 bridgehead atoms. The fraction of sp³-hybridized carbons (Fsp3) is 0.0508. The molecule has 0 aliphatic heterocycles. The molecule has 60 heavy (non-hydrogen) atoms. The lowest BCUT2D eigenvalue weighted by Crippen LogP contribution is -2.16. The molecule has 11 rings (SSSR count). The SMILES string of the molecule is CC1(C)c2ccccc2-c2c(N(c3cccc(-c4ccc(-c5ccc6ccccc6c5)cc4)c3)c3ccccc3-c3ccc(-c4ccc5ccccc5c4)cc3)cccc21. The van der Waals surface area contributed by atoms with E-state index in [4.69, 9.17) is 0 Å². The first kappa shape index (κ1) is 35.7. The van der Waals surface area contributed by atoms with Gasteiger partial charge in [0, 0.05) is 22.2 Å². The summed E-state index contributed by atoms with van der Waals surface area (Å²) in [5, 5.41) is 5.03. The molecule has 0 unspecified atom stereocenters. The number of fused-ring (bicyclic) bond motifs is 5. The number of para-hydroxylation sites is 1. The first-order valence-electron chi connectivity index (χ1n) is 20.9. The van der Waals surface area contributed by atoms with Crippen molar-refractivity contribution in [3.63, 3.8) is 0 Å². The van der Waals surface area contributed by atoms with E-state index in [2.05, 4.69) is 243 Å². The van der Waals surface area contributed by atoms with Crippen LogP contribution in [-0.4, -0.2) is 0 Å². The summed E-state index contributed by atoms with van der Waals surface area (Å²) in [6.07, 6.45) is 0. The van der Waals surface area contributed by atoms with E-state index >= 15 is 0 Å². The lowest BCUT2D eigenvalue weighted by Gasteiger charge is -2.31. The molecule has 1 aliphatic rings. The van der Waals surface area contributed by atoms with Crippen molar-refractivity contribution >= 4 is 38.6 Å². The Labute approximate surface area is 352 Å². The number of nitrogens with zero attached hydrogens (tertiary/aromatic N) is 1. The summed E-state index contributed by atoms with van der Waals surface area (Å²) in [4.78, 5) is 2.50. The van der Waals surface area contributed by atoms with E-state index in [1.165, 1.54) is 94.0 Å². The van der Waals surface area contributed by atoms with Crippen LogP contribution in [0, 0.1) is 0 Å². The molecular formula is C59H43N. The second kappa shape index (κ2) is 14.4. The van der Waals surface area contributed by atoms with Crippen LogP contribution in [0.5, 0.6) is 0 Å². The minimum Gasteiger partial charge on any atom is -0.309 e. The van der Waals surface area contributed by atoms with Crippen LogP contribution in [0.25, 0.3) is 77.2 Å². The summed E-state index contributed by atoms with van der Waals surface area (Å²) in [5.74, 6) is 0. The minimum atomic E-state index is -0.125. The Balaban J connectivity index is 1.04. The van der Waals surface area contributed by atoms with Crippen molar-refractivity contribution in [2.24, 2.45) is 0 Å². The smallest absolute Gasteiger partial charge is 0.0543 e. The van der Waals surface area contributed by atoms with Crippen LogP contribution in [-0.2, 0) is 5.41 Å². The number of hydrogen-bond donors (Lipinski definition) is 0. The van der Waals surface area contributed by atoms with E-state index in [0.717, 1.165) is 11.4 Å². The fourth-order valence-electron chi connectivity index (χ4n) is 9.50. The van der Waals surface area contributed by atoms with Gasteiger partial charge in [-0.3, -0.25) is 0 Å². The quantitative estimate of drug-likeness (QED) is 0.156. The van der Waals surface area contributed by atoms with E-state index in [1.54, 1.807) is 0 Å². The number of rotatable bonds is 7. The van der Waals surface area contributed by atoms with E-state index in [9.17, 15) is 0 Å². The summed E-state index contributed by atoms with van der Waals surface area (Å²) in [7, 11) is 0. The second-order valence-electron chi connectivity index (χ2n) is 16.6. The largest absolute Gasteiger partial charge is 0.309 e. The van der Waals surface area contributed by atoms with Gasteiger partial charge in [-0.05, 0) is 114 Å². The topological polar surface area (TPSA) is 3.24 Å². The molecule has 0 amide bonds. The van der Waals surface area contributed by atoms with Crippen LogP contribution in [0.1, 0.15) is 25.0 Å². The van der Waals surface area contributed by atoms with Crippen LogP contribution >= 0.6 is 0 Å². The summed E-state index contributed by atoms with van der Waals surface area (Å²) in [6.45, 7) is 4.72. The molecule has 1 aliphatic carbocycles. The Bertz CT molecular complexity index is 3220. The van der Waals surface area contributed by atoms with E-state index in [0.29, 0.717) is 0 Å². The monoisotopic (exact) mass is 765 g/mol. The third-order valence-corrected chi connectivity index (χ3v) is 12.7. The van der Waals surface area contributed by atoms with Gasteiger partial charge >= 0.3 is 0 Å². The van der Waals surface area contributed by atoms with Crippen molar-refractivity contribution in [2.75, 3.05) is 4.90 Å². The van der Waals surface area contributed by atoms with Gasteiger partial charge in [0.15, 0.2) is 0 Å². The van der Waals surface area contributed by atoms with Gasteiger partial charge in [-0.2, -0.15) is 0 Å². The van der Waals surface area contributed by atoms with Crippen LogP contribution in [0.4, 0.5) is 17.1 Å². The maximum atomic E-state index is 2.50. The van der Waals surface area contributed by atoms with Crippen molar-refractivity contribution < 1.29 is 0 Å². The minimum absolute atomic E-state index is 0.125. The molecule has 0 N–H and O–H groups in total. The Kier molecular flexibility index (Phi) is 8.57. The average Bonchev–Trinajstić information content (AvgIpc) is 3.55. The maximum Gasteiger partial charge on any atom is 0.0543 e. The van der Waals surface area contributed by atoms with E-state index in [-0.39, 0.29) is 5.41 Å².